The first-order valence-electron chi connectivity index (χ1n) is 6.81. The summed E-state index contributed by atoms with van der Waals surface area (Å²) in [6, 6.07) is 7.77. The fraction of sp³-hybridized carbons (Fsp3) is 0.533. The topological polar surface area (TPSA) is 40.5 Å². The first-order valence-corrected chi connectivity index (χ1v) is 8.03. The van der Waals surface area contributed by atoms with E-state index in [2.05, 4.69) is 0 Å². The Morgan fingerprint density at radius 1 is 1.32 bits per heavy atom. The molecule has 2 aliphatic rings. The van der Waals surface area contributed by atoms with Gasteiger partial charge in [0.25, 0.3) is 5.91 Å². The molecule has 1 aliphatic carbocycles. The maximum absolute atomic E-state index is 12.6. The molecule has 1 aliphatic heterocycles. The second kappa shape index (κ2) is 5.17. The van der Waals surface area contributed by atoms with Crippen LogP contribution in [0.25, 0.3) is 0 Å². The summed E-state index contributed by atoms with van der Waals surface area (Å²) >= 11 is 1.61. The summed E-state index contributed by atoms with van der Waals surface area (Å²) in [7, 11) is 0. The van der Waals surface area contributed by atoms with Crippen molar-refractivity contribution < 1.29 is 9.90 Å². The number of thioether (sulfide) groups is 1. The maximum Gasteiger partial charge on any atom is 0.255 e. The zero-order valence-corrected chi connectivity index (χ0v) is 11.9. The van der Waals surface area contributed by atoms with Crippen LogP contribution in [0.15, 0.2) is 29.2 Å². The number of hydrogen-bond acceptors (Lipinski definition) is 3. The van der Waals surface area contributed by atoms with Crippen LogP contribution in [0.2, 0.25) is 0 Å². The number of benzene rings is 1. The predicted molar refractivity (Wildman–Crippen MR) is 76.3 cm³/mol. The quantitative estimate of drug-likeness (QED) is 0.843. The lowest BCUT2D eigenvalue weighted by Crippen LogP contribution is -2.31. The van der Waals surface area contributed by atoms with Gasteiger partial charge in [0.1, 0.15) is 0 Å². The summed E-state index contributed by atoms with van der Waals surface area (Å²) in [5.74, 6) is 0.914. The Kier molecular flexibility index (Phi) is 3.54. The van der Waals surface area contributed by atoms with Crippen molar-refractivity contribution in [3.8, 4) is 0 Å². The van der Waals surface area contributed by atoms with Gasteiger partial charge in [0.2, 0.25) is 0 Å². The van der Waals surface area contributed by atoms with Gasteiger partial charge in [-0.2, -0.15) is 0 Å². The Labute approximate surface area is 118 Å². The van der Waals surface area contributed by atoms with E-state index in [0.29, 0.717) is 18.4 Å². The van der Waals surface area contributed by atoms with Crippen LogP contribution in [-0.2, 0) is 0 Å². The lowest BCUT2D eigenvalue weighted by atomic mass is 10.00. The minimum atomic E-state index is -0.210. The smallest absolute Gasteiger partial charge is 0.255 e. The molecule has 1 N–H and O–H groups in total. The van der Waals surface area contributed by atoms with Gasteiger partial charge in [-0.25, -0.2) is 0 Å². The van der Waals surface area contributed by atoms with Gasteiger partial charge in [0.15, 0.2) is 0 Å². The molecule has 0 aromatic heterocycles. The Morgan fingerprint density at radius 3 is 2.84 bits per heavy atom. The molecular formula is C15H19NO2S. The number of amides is 1. The van der Waals surface area contributed by atoms with Crippen LogP contribution < -0.4 is 0 Å². The number of nitrogens with zero attached hydrogens (tertiary/aromatic N) is 1. The fourth-order valence-electron chi connectivity index (χ4n) is 3.39. The molecule has 0 bridgehead atoms. The highest BCUT2D eigenvalue weighted by Gasteiger charge is 2.43. The van der Waals surface area contributed by atoms with Gasteiger partial charge < -0.3 is 10.0 Å². The summed E-state index contributed by atoms with van der Waals surface area (Å²) < 4.78 is 0. The third kappa shape index (κ3) is 2.28. The van der Waals surface area contributed by atoms with Crippen molar-refractivity contribution in [2.75, 3.05) is 19.3 Å². The second-order valence-corrected chi connectivity index (χ2v) is 6.33. The molecule has 1 heterocycles. The minimum absolute atomic E-state index is 0.117. The average molecular weight is 277 g/mol. The molecule has 1 saturated heterocycles. The van der Waals surface area contributed by atoms with E-state index in [4.69, 9.17) is 0 Å². The lowest BCUT2D eigenvalue weighted by Gasteiger charge is -2.19. The number of aliphatic hydroxyl groups is 1. The van der Waals surface area contributed by atoms with Gasteiger partial charge in [-0.05, 0) is 37.1 Å². The van der Waals surface area contributed by atoms with Gasteiger partial charge >= 0.3 is 0 Å². The molecule has 102 valence electrons. The number of hydrogen-bond donors (Lipinski definition) is 1. The van der Waals surface area contributed by atoms with Crippen molar-refractivity contribution in [1.82, 2.24) is 4.90 Å². The zero-order valence-electron chi connectivity index (χ0n) is 11.1. The molecule has 3 atom stereocenters. The van der Waals surface area contributed by atoms with Gasteiger partial charge in [-0.1, -0.05) is 12.1 Å². The van der Waals surface area contributed by atoms with E-state index in [1.807, 2.05) is 35.4 Å². The molecule has 1 aromatic rings. The van der Waals surface area contributed by atoms with E-state index in [9.17, 15) is 9.90 Å². The molecule has 1 saturated carbocycles. The van der Waals surface area contributed by atoms with Crippen LogP contribution in [0.5, 0.6) is 0 Å². The van der Waals surface area contributed by atoms with Crippen molar-refractivity contribution in [2.45, 2.75) is 23.8 Å². The van der Waals surface area contributed by atoms with E-state index < -0.39 is 0 Å². The molecule has 1 aromatic carbocycles. The Morgan fingerprint density at radius 2 is 2.11 bits per heavy atom. The zero-order chi connectivity index (χ0) is 13.4. The first-order chi connectivity index (χ1) is 9.20. The van der Waals surface area contributed by atoms with Crippen molar-refractivity contribution in [3.63, 3.8) is 0 Å². The molecule has 3 rings (SSSR count). The highest BCUT2D eigenvalue weighted by Crippen LogP contribution is 2.38. The Balaban J connectivity index is 1.78. The molecule has 3 nitrogen and oxygen atoms in total. The fourth-order valence-corrected chi connectivity index (χ4v) is 3.98. The van der Waals surface area contributed by atoms with Gasteiger partial charge in [0, 0.05) is 23.9 Å². The highest BCUT2D eigenvalue weighted by atomic mass is 32.2. The molecule has 0 spiro atoms. The van der Waals surface area contributed by atoms with E-state index in [1.54, 1.807) is 11.8 Å². The van der Waals surface area contributed by atoms with E-state index in [1.165, 1.54) is 0 Å². The molecule has 0 radical (unpaired) electrons. The van der Waals surface area contributed by atoms with Crippen LogP contribution in [0, 0.1) is 11.8 Å². The van der Waals surface area contributed by atoms with Gasteiger partial charge in [-0.15, -0.1) is 11.8 Å². The summed E-state index contributed by atoms with van der Waals surface area (Å²) in [6.45, 7) is 1.52. The van der Waals surface area contributed by atoms with Crippen LogP contribution in [0.4, 0.5) is 0 Å². The average Bonchev–Trinajstić information content (AvgIpc) is 3.00. The number of carbonyl (C=O) groups is 1. The normalized spacial score (nSPS) is 29.6. The monoisotopic (exact) mass is 277 g/mol. The maximum atomic E-state index is 12.6. The van der Waals surface area contributed by atoms with Crippen molar-refractivity contribution in [2.24, 2.45) is 11.8 Å². The van der Waals surface area contributed by atoms with Crippen LogP contribution >= 0.6 is 11.8 Å². The molecule has 19 heavy (non-hydrogen) atoms. The van der Waals surface area contributed by atoms with Crippen molar-refractivity contribution in [3.05, 3.63) is 29.8 Å². The van der Waals surface area contributed by atoms with Crippen molar-refractivity contribution in [1.29, 1.82) is 0 Å². The molecule has 1 amide bonds. The van der Waals surface area contributed by atoms with Crippen LogP contribution in [-0.4, -0.2) is 41.4 Å². The van der Waals surface area contributed by atoms with Crippen LogP contribution in [0.3, 0.4) is 0 Å². The van der Waals surface area contributed by atoms with E-state index >= 15 is 0 Å². The Hall–Kier alpha value is -1.00. The number of rotatable bonds is 2. The SMILES string of the molecule is CSc1ccccc1C(=O)N1CC2CCC(O)C2C1. The number of carbonyl (C=O) groups excluding carboxylic acids is 1. The summed E-state index contributed by atoms with van der Waals surface area (Å²) in [5, 5.41) is 9.93. The molecule has 3 unspecified atom stereocenters. The highest BCUT2D eigenvalue weighted by molar-refractivity contribution is 7.98. The largest absolute Gasteiger partial charge is 0.393 e. The van der Waals surface area contributed by atoms with Crippen LogP contribution in [0.1, 0.15) is 23.2 Å². The second-order valence-electron chi connectivity index (χ2n) is 5.48. The lowest BCUT2D eigenvalue weighted by molar-refractivity contribution is 0.0749. The molecular weight excluding hydrogens is 258 g/mol. The van der Waals surface area contributed by atoms with Gasteiger partial charge in [-0.3, -0.25) is 4.79 Å². The first kappa shape index (κ1) is 13.0. The third-order valence-electron chi connectivity index (χ3n) is 4.44. The standard InChI is InChI=1S/C15H19NO2S/c1-19-14-5-3-2-4-11(14)15(18)16-8-10-6-7-13(17)12(10)9-16/h2-5,10,12-13,17H,6-9H2,1H3. The number of aliphatic hydroxyl groups excluding tert-OH is 1. The van der Waals surface area contributed by atoms with Crippen molar-refractivity contribution >= 4 is 17.7 Å². The number of likely N-dealkylation sites (tertiary alicyclic amines) is 1. The summed E-state index contributed by atoms with van der Waals surface area (Å²) in [5.41, 5.74) is 0.796. The Bertz CT molecular complexity index is 491. The summed E-state index contributed by atoms with van der Waals surface area (Å²) in [6.07, 6.45) is 3.74. The van der Waals surface area contributed by atoms with E-state index in [0.717, 1.165) is 29.8 Å². The van der Waals surface area contributed by atoms with Gasteiger partial charge in [0.05, 0.1) is 11.7 Å². The number of fused-ring (bicyclic) bond motifs is 1. The molecule has 2 fully saturated rings. The predicted octanol–water partition coefficient (Wildman–Crippen LogP) is 2.25. The minimum Gasteiger partial charge on any atom is -0.393 e. The van der Waals surface area contributed by atoms with E-state index in [-0.39, 0.29) is 12.0 Å². The molecule has 4 heteroatoms. The summed E-state index contributed by atoms with van der Waals surface area (Å²) in [4.78, 5) is 15.6. The third-order valence-corrected chi connectivity index (χ3v) is 5.24.